The van der Waals surface area contributed by atoms with Gasteiger partial charge in [-0.25, -0.2) is 4.57 Å². The van der Waals surface area contributed by atoms with Gasteiger partial charge >= 0.3 is 7.82 Å². The van der Waals surface area contributed by atoms with Crippen LogP contribution in [0, 0.1) is 0 Å². The minimum atomic E-state index is -4.01. The van der Waals surface area contributed by atoms with Crippen molar-refractivity contribution in [2.75, 3.05) is 33.5 Å². The second-order valence-corrected chi connectivity index (χ2v) is 4.38. The van der Waals surface area contributed by atoms with Gasteiger partial charge in [-0.05, 0) is 13.0 Å². The van der Waals surface area contributed by atoms with Gasteiger partial charge in [0.1, 0.15) is 6.10 Å². The van der Waals surface area contributed by atoms with E-state index in [2.05, 4.69) is 9.05 Å². The highest BCUT2D eigenvalue weighted by molar-refractivity contribution is 7.47. The third-order valence-corrected chi connectivity index (χ3v) is 2.40. The van der Waals surface area contributed by atoms with Crippen molar-refractivity contribution in [3.05, 3.63) is 0 Å². The van der Waals surface area contributed by atoms with Crippen molar-refractivity contribution in [2.45, 2.75) is 12.5 Å². The number of aliphatic hydroxyl groups excluding tert-OH is 1. The number of hydrogen-bond acceptors (Lipinski definition) is 6. The van der Waals surface area contributed by atoms with Gasteiger partial charge in [0.2, 0.25) is 0 Å². The number of nitrogens with two attached hydrogens (primary N) is 1. The summed E-state index contributed by atoms with van der Waals surface area (Å²) in [6, 6.07) is 0. The lowest BCUT2D eigenvalue weighted by Crippen LogP contribution is -2.22. The summed E-state index contributed by atoms with van der Waals surface area (Å²) < 4.78 is 24.4. The first-order valence-corrected chi connectivity index (χ1v) is 6.00. The zero-order chi connectivity index (χ0) is 11.7. The smallest absolute Gasteiger partial charge is 0.388 e. The van der Waals surface area contributed by atoms with E-state index in [1.807, 2.05) is 0 Å². The molecule has 4 N–H and O–H groups in total. The number of rotatable bonds is 9. The molecule has 0 aromatic carbocycles. The number of aliphatic hydroxyl groups is 1. The topological polar surface area (TPSA) is 111 Å². The molecular formula is C7H18NO6P. The van der Waals surface area contributed by atoms with Gasteiger partial charge < -0.3 is 20.5 Å². The molecule has 0 saturated carbocycles. The maximum atomic E-state index is 10.8. The monoisotopic (exact) mass is 243 g/mol. The predicted octanol–water partition coefficient (Wildman–Crippen LogP) is -0.524. The maximum absolute atomic E-state index is 10.8. The second-order valence-electron chi connectivity index (χ2n) is 2.82. The second kappa shape index (κ2) is 8.18. The van der Waals surface area contributed by atoms with Crippen molar-refractivity contribution in [1.29, 1.82) is 0 Å². The molecule has 0 aromatic rings. The quantitative estimate of drug-likeness (QED) is 0.369. The zero-order valence-corrected chi connectivity index (χ0v) is 9.56. The number of phosphoric acid groups is 1. The highest BCUT2D eigenvalue weighted by Gasteiger charge is 2.20. The maximum Gasteiger partial charge on any atom is 0.472 e. The Hall–Kier alpha value is -0.0100. The van der Waals surface area contributed by atoms with Crippen LogP contribution in [-0.4, -0.2) is 49.6 Å². The van der Waals surface area contributed by atoms with Crippen LogP contribution in [-0.2, 0) is 18.3 Å². The molecule has 0 amide bonds. The number of hydrogen-bond donors (Lipinski definition) is 3. The van der Waals surface area contributed by atoms with Crippen LogP contribution in [0.15, 0.2) is 0 Å². The molecule has 2 unspecified atom stereocenters. The summed E-state index contributed by atoms with van der Waals surface area (Å²) >= 11 is 0. The molecule has 92 valence electrons. The van der Waals surface area contributed by atoms with Gasteiger partial charge in [0, 0.05) is 13.7 Å². The highest BCUT2D eigenvalue weighted by Crippen LogP contribution is 2.41. The molecule has 7 nitrogen and oxygen atoms in total. The van der Waals surface area contributed by atoms with E-state index in [4.69, 9.17) is 15.4 Å². The van der Waals surface area contributed by atoms with Gasteiger partial charge in [-0.15, -0.1) is 0 Å². The lowest BCUT2D eigenvalue weighted by atomic mass is 10.4. The van der Waals surface area contributed by atoms with E-state index in [0.29, 0.717) is 19.6 Å². The molecule has 0 bridgehead atoms. The molecule has 0 radical (unpaired) electrons. The van der Waals surface area contributed by atoms with Crippen LogP contribution in [0.25, 0.3) is 0 Å². The molecule has 0 fully saturated rings. The minimum Gasteiger partial charge on any atom is -0.388 e. The predicted molar refractivity (Wildman–Crippen MR) is 53.3 cm³/mol. The van der Waals surface area contributed by atoms with Crippen LogP contribution in [0.2, 0.25) is 0 Å². The Morgan fingerprint density at radius 1 is 1.47 bits per heavy atom. The van der Waals surface area contributed by atoms with Crippen LogP contribution in [0.1, 0.15) is 6.42 Å². The Morgan fingerprint density at radius 3 is 2.67 bits per heavy atom. The standard InChI is InChI=1S/C7H18NO6P/c1-12-15(10,11)14-6-7(9)5-13-4-2-3-8/h7,9H,2-6,8H2,1H3,(H,10,11). The molecule has 0 aliphatic heterocycles. The molecule has 15 heavy (non-hydrogen) atoms. The largest absolute Gasteiger partial charge is 0.472 e. The molecule has 0 rings (SSSR count). The van der Waals surface area contributed by atoms with E-state index in [0.717, 1.165) is 7.11 Å². The summed E-state index contributed by atoms with van der Waals surface area (Å²) in [5.41, 5.74) is 5.23. The molecule has 0 spiro atoms. The minimum absolute atomic E-state index is 0.0315. The Morgan fingerprint density at radius 2 is 2.13 bits per heavy atom. The first-order chi connectivity index (χ1) is 7.02. The summed E-state index contributed by atoms with van der Waals surface area (Å²) in [4.78, 5) is 8.82. The Balaban J connectivity index is 3.49. The Labute approximate surface area is 88.7 Å². The number of ether oxygens (including phenoxy) is 1. The van der Waals surface area contributed by atoms with Crippen molar-refractivity contribution in [1.82, 2.24) is 0 Å². The fourth-order valence-corrected chi connectivity index (χ4v) is 1.15. The molecule has 8 heteroatoms. The summed E-state index contributed by atoms with van der Waals surface area (Å²) in [7, 11) is -2.96. The van der Waals surface area contributed by atoms with Gasteiger partial charge in [0.05, 0.1) is 13.2 Å². The van der Waals surface area contributed by atoms with Crippen LogP contribution < -0.4 is 5.73 Å². The molecule has 0 aromatic heterocycles. The Kier molecular flexibility index (Phi) is 8.17. The molecule has 0 heterocycles. The van der Waals surface area contributed by atoms with Crippen molar-refractivity contribution >= 4 is 7.82 Å². The van der Waals surface area contributed by atoms with Crippen molar-refractivity contribution in [3.8, 4) is 0 Å². The first kappa shape index (κ1) is 15.0. The average molecular weight is 243 g/mol. The SMILES string of the molecule is COP(=O)(O)OCC(O)COCCCN. The summed E-state index contributed by atoms with van der Waals surface area (Å²) in [5.74, 6) is 0. The lowest BCUT2D eigenvalue weighted by molar-refractivity contribution is 0.00429. The first-order valence-electron chi connectivity index (χ1n) is 4.50. The van der Waals surface area contributed by atoms with Gasteiger partial charge in [-0.1, -0.05) is 0 Å². The van der Waals surface area contributed by atoms with Crippen molar-refractivity contribution in [3.63, 3.8) is 0 Å². The summed E-state index contributed by atoms with van der Waals surface area (Å²) in [6.45, 7) is 0.671. The Bertz CT molecular complexity index is 202. The van der Waals surface area contributed by atoms with Crippen LogP contribution in [0.5, 0.6) is 0 Å². The molecular weight excluding hydrogens is 225 g/mol. The average Bonchev–Trinajstić information content (AvgIpc) is 2.22. The van der Waals surface area contributed by atoms with E-state index >= 15 is 0 Å². The van der Waals surface area contributed by atoms with E-state index in [1.54, 1.807) is 0 Å². The third kappa shape index (κ3) is 8.95. The van der Waals surface area contributed by atoms with Gasteiger partial charge in [-0.2, -0.15) is 0 Å². The lowest BCUT2D eigenvalue weighted by Gasteiger charge is -2.13. The fraction of sp³-hybridized carbons (Fsp3) is 1.00. The molecule has 0 saturated heterocycles. The van der Waals surface area contributed by atoms with Crippen LogP contribution in [0.3, 0.4) is 0 Å². The van der Waals surface area contributed by atoms with Gasteiger partial charge in [-0.3, -0.25) is 9.05 Å². The third-order valence-electron chi connectivity index (χ3n) is 1.46. The summed E-state index contributed by atoms with van der Waals surface area (Å²) in [6.07, 6.45) is -0.261. The van der Waals surface area contributed by atoms with Crippen LogP contribution in [0.4, 0.5) is 0 Å². The zero-order valence-electron chi connectivity index (χ0n) is 8.66. The molecule has 2 atom stereocenters. The highest BCUT2D eigenvalue weighted by atomic mass is 31.2. The fourth-order valence-electron chi connectivity index (χ4n) is 0.686. The van der Waals surface area contributed by atoms with Crippen molar-refractivity contribution < 1.29 is 28.3 Å². The number of phosphoric ester groups is 1. The van der Waals surface area contributed by atoms with Gasteiger partial charge in [0.25, 0.3) is 0 Å². The molecule has 0 aliphatic rings. The van der Waals surface area contributed by atoms with E-state index in [1.165, 1.54) is 0 Å². The van der Waals surface area contributed by atoms with E-state index < -0.39 is 13.9 Å². The van der Waals surface area contributed by atoms with E-state index in [-0.39, 0.29) is 13.2 Å². The van der Waals surface area contributed by atoms with E-state index in [9.17, 15) is 9.67 Å². The normalized spacial score (nSPS) is 17.3. The van der Waals surface area contributed by atoms with Crippen molar-refractivity contribution in [2.24, 2.45) is 5.73 Å². The molecule has 0 aliphatic carbocycles. The van der Waals surface area contributed by atoms with Gasteiger partial charge in [0.15, 0.2) is 0 Å². The van der Waals surface area contributed by atoms with Crippen LogP contribution >= 0.6 is 7.82 Å². The summed E-state index contributed by atoms with van der Waals surface area (Å²) in [5, 5.41) is 9.24.